The van der Waals surface area contributed by atoms with E-state index in [1.165, 1.54) is 0 Å². The fourth-order valence-electron chi connectivity index (χ4n) is 6.75. The predicted molar refractivity (Wildman–Crippen MR) is 175 cm³/mol. The molecule has 244 valence electrons. The summed E-state index contributed by atoms with van der Waals surface area (Å²) in [6.07, 6.45) is -0.463. The van der Waals surface area contributed by atoms with Gasteiger partial charge >= 0.3 is 0 Å². The Labute approximate surface area is 264 Å². The Morgan fingerprint density at radius 2 is 1.80 bits per heavy atom. The number of nitrogens with two attached hydrogens (primary N) is 1. The molecule has 1 fully saturated rings. The van der Waals surface area contributed by atoms with Crippen LogP contribution in [0.4, 0.5) is 5.69 Å². The number of aliphatic hydroxyl groups excluding tert-OH is 2. The highest BCUT2D eigenvalue weighted by molar-refractivity contribution is 7.98. The Kier molecular flexibility index (Phi) is 9.68. The zero-order valence-electron chi connectivity index (χ0n) is 26.7. The number of carbonyl (C=O) groups is 3. The molecule has 2 aliphatic rings. The average molecular weight is 641 g/mol. The molecule has 6 N–H and O–H groups in total. The first kappa shape index (κ1) is 34.3. The quantitative estimate of drug-likeness (QED) is 0.179. The van der Waals surface area contributed by atoms with Crippen molar-refractivity contribution < 1.29 is 33.9 Å². The number of nitrogens with zero attached hydrogens (tertiary/aromatic N) is 2. The van der Waals surface area contributed by atoms with Crippen LogP contribution in [0.3, 0.4) is 0 Å². The first-order chi connectivity index (χ1) is 20.9. The standard InChI is InChI=1S/C33H44N4O7S/c1-18-8-10-22(11-9-18)45(7,44)35-16-21-14-25(36(3)4)23-12-20-13-24(26(17-38)37(5)6)33(43,27(39)15-28(34)40)32(42)30(20)31(41)29(23)19(21)2/h8-11,14,20,24,26,38,41,43H,7,12-13,15-17H2,1-6H3,(H2,34,40)(H,35,44)/t20-,24-,26?,33+,45?/m0/s1. The van der Waals surface area contributed by atoms with Gasteiger partial charge in [-0.2, -0.15) is 0 Å². The number of likely N-dealkylation sites (N-methyl/N-ethyl adjacent to an activating group) is 1. The minimum Gasteiger partial charge on any atom is -0.507 e. The van der Waals surface area contributed by atoms with Gasteiger partial charge < -0.3 is 30.9 Å². The van der Waals surface area contributed by atoms with Gasteiger partial charge in [0, 0.05) is 54.3 Å². The third-order valence-corrected chi connectivity index (χ3v) is 10.9. The number of nitrogens with one attached hydrogen (secondary N) is 1. The second-order valence-corrected chi connectivity index (χ2v) is 14.7. The molecule has 0 bridgehead atoms. The molecule has 2 aliphatic carbocycles. The topological polar surface area (TPSA) is 174 Å². The van der Waals surface area contributed by atoms with Crippen LogP contribution in [0.1, 0.15) is 40.7 Å². The Morgan fingerprint density at radius 3 is 2.33 bits per heavy atom. The molecule has 1 saturated carbocycles. The van der Waals surface area contributed by atoms with Crippen LogP contribution in [0.5, 0.6) is 0 Å². The van der Waals surface area contributed by atoms with Gasteiger partial charge in [0.25, 0.3) is 0 Å². The van der Waals surface area contributed by atoms with Gasteiger partial charge in [-0.1, -0.05) is 17.7 Å². The Morgan fingerprint density at radius 1 is 1.18 bits per heavy atom. The number of aliphatic hydroxyl groups is 3. The fourth-order valence-corrected chi connectivity index (χ4v) is 7.89. The number of ketones is 2. The molecule has 0 radical (unpaired) electrons. The van der Waals surface area contributed by atoms with Crippen LogP contribution in [0.2, 0.25) is 0 Å². The zero-order valence-corrected chi connectivity index (χ0v) is 27.5. The monoisotopic (exact) mass is 640 g/mol. The number of Topliss-reactive ketones (excluding diaryl/α,β-unsaturated/α-hetero) is 2. The number of benzene rings is 2. The van der Waals surface area contributed by atoms with Crippen LogP contribution < -0.4 is 15.4 Å². The summed E-state index contributed by atoms with van der Waals surface area (Å²) >= 11 is 0. The Balaban J connectivity index is 1.85. The average Bonchev–Trinajstić information content (AvgIpc) is 2.94. The number of primary amides is 1. The number of anilines is 1. The third-order valence-electron chi connectivity index (χ3n) is 9.25. The lowest BCUT2D eigenvalue weighted by Crippen LogP contribution is -2.64. The molecule has 2 unspecified atom stereocenters. The molecular weight excluding hydrogens is 596 g/mol. The molecule has 0 aliphatic heterocycles. The van der Waals surface area contributed by atoms with Crippen LogP contribution >= 0.6 is 0 Å². The van der Waals surface area contributed by atoms with Crippen molar-refractivity contribution in [3.8, 4) is 0 Å². The number of carbonyl (C=O) groups excluding carboxylic acids is 3. The summed E-state index contributed by atoms with van der Waals surface area (Å²) in [4.78, 5) is 43.4. The molecule has 1 amide bonds. The van der Waals surface area contributed by atoms with Crippen LogP contribution in [0, 0.1) is 25.7 Å². The fraction of sp³-hybridized carbons (Fsp3) is 0.455. The number of aryl methyl sites for hydroxylation is 1. The molecule has 0 heterocycles. The molecule has 0 saturated heterocycles. The summed E-state index contributed by atoms with van der Waals surface area (Å²) in [7, 11) is 4.17. The summed E-state index contributed by atoms with van der Waals surface area (Å²) in [6.45, 7) is 3.41. The minimum atomic E-state index is -2.87. The smallest absolute Gasteiger partial charge is 0.225 e. The van der Waals surface area contributed by atoms with E-state index in [2.05, 4.69) is 10.6 Å². The van der Waals surface area contributed by atoms with E-state index in [0.717, 1.165) is 16.8 Å². The van der Waals surface area contributed by atoms with E-state index < -0.39 is 63.7 Å². The number of hydrogen-bond donors (Lipinski definition) is 5. The highest BCUT2D eigenvalue weighted by atomic mass is 32.2. The van der Waals surface area contributed by atoms with Gasteiger partial charge in [0.15, 0.2) is 11.4 Å². The second kappa shape index (κ2) is 12.7. The van der Waals surface area contributed by atoms with Crippen molar-refractivity contribution in [3.05, 3.63) is 63.7 Å². The van der Waals surface area contributed by atoms with Gasteiger partial charge in [-0.25, -0.2) is 8.93 Å². The lowest BCUT2D eigenvalue weighted by Gasteiger charge is -2.48. The van der Waals surface area contributed by atoms with Gasteiger partial charge in [0.1, 0.15) is 5.76 Å². The molecule has 45 heavy (non-hydrogen) atoms. The van der Waals surface area contributed by atoms with Gasteiger partial charge in [0.2, 0.25) is 11.7 Å². The normalized spacial score (nSPS) is 23.3. The Bertz CT molecular complexity index is 1660. The van der Waals surface area contributed by atoms with Crippen LogP contribution in [0.15, 0.2) is 40.8 Å². The van der Waals surface area contributed by atoms with E-state index in [9.17, 15) is 33.9 Å². The lowest BCUT2D eigenvalue weighted by atomic mass is 9.59. The highest BCUT2D eigenvalue weighted by Crippen LogP contribution is 2.50. The van der Waals surface area contributed by atoms with E-state index in [-0.39, 0.29) is 24.3 Å². The Hall–Kier alpha value is -3.55. The SMILES string of the molecule is C=S(=O)(NCc1cc(N(C)C)c2c(c1C)C(O)=C1C(=O)[C@](O)(C(=O)CC(N)=O)[C@H](C(CO)N(C)C)C[C@@H]1C2)c1ccc(C)cc1. The van der Waals surface area contributed by atoms with Crippen molar-refractivity contribution in [1.29, 1.82) is 0 Å². The largest absolute Gasteiger partial charge is 0.507 e. The van der Waals surface area contributed by atoms with E-state index in [4.69, 9.17) is 5.73 Å². The highest BCUT2D eigenvalue weighted by Gasteiger charge is 2.60. The molecule has 11 nitrogen and oxygen atoms in total. The van der Waals surface area contributed by atoms with E-state index in [0.29, 0.717) is 28.0 Å². The van der Waals surface area contributed by atoms with Gasteiger partial charge in [0.05, 0.1) is 22.7 Å². The number of hydrogen-bond acceptors (Lipinski definition) is 9. The van der Waals surface area contributed by atoms with Crippen molar-refractivity contribution in [2.75, 3.05) is 39.7 Å². The van der Waals surface area contributed by atoms with E-state index in [1.807, 2.05) is 44.1 Å². The first-order valence-corrected chi connectivity index (χ1v) is 16.5. The first-order valence-electron chi connectivity index (χ1n) is 14.8. The molecule has 0 spiro atoms. The van der Waals surface area contributed by atoms with Crippen molar-refractivity contribution >= 4 is 44.5 Å². The van der Waals surface area contributed by atoms with Gasteiger partial charge in [-0.15, -0.1) is 0 Å². The molecule has 12 heteroatoms. The number of fused-ring (bicyclic) bond motifs is 2. The summed E-state index contributed by atoms with van der Waals surface area (Å²) in [5.41, 5.74) is 6.85. The van der Waals surface area contributed by atoms with Crippen LogP contribution in [0.25, 0.3) is 5.76 Å². The number of amides is 1. The maximum Gasteiger partial charge on any atom is 0.225 e. The van der Waals surface area contributed by atoms with Crippen molar-refractivity contribution in [1.82, 2.24) is 9.62 Å². The molecule has 2 aromatic carbocycles. The maximum absolute atomic E-state index is 14.2. The predicted octanol–water partition coefficient (Wildman–Crippen LogP) is 1.28. The van der Waals surface area contributed by atoms with Gasteiger partial charge in [-0.05, 0) is 87.5 Å². The number of rotatable bonds is 11. The van der Waals surface area contributed by atoms with E-state index in [1.54, 1.807) is 38.1 Å². The van der Waals surface area contributed by atoms with Crippen LogP contribution in [-0.2, 0) is 37.1 Å². The summed E-state index contributed by atoms with van der Waals surface area (Å²) in [5.74, 6) is -1.14. The second-order valence-electron chi connectivity index (χ2n) is 12.6. The zero-order chi connectivity index (χ0) is 33.6. The van der Waals surface area contributed by atoms with E-state index >= 15 is 0 Å². The van der Waals surface area contributed by atoms with Crippen molar-refractivity contribution in [2.24, 2.45) is 17.6 Å². The lowest BCUT2D eigenvalue weighted by molar-refractivity contribution is -0.163. The van der Waals surface area contributed by atoms with Crippen LogP contribution in [-0.4, -0.2) is 94.2 Å². The van der Waals surface area contributed by atoms with Crippen molar-refractivity contribution in [2.45, 2.75) is 56.2 Å². The molecular formula is C33H44N4O7S. The molecule has 0 aromatic heterocycles. The summed E-state index contributed by atoms with van der Waals surface area (Å²) in [6, 6.07) is 8.40. The third kappa shape index (κ3) is 6.17. The maximum atomic E-state index is 14.2. The summed E-state index contributed by atoms with van der Waals surface area (Å²) in [5, 5.41) is 34.0. The molecule has 5 atom stereocenters. The minimum absolute atomic E-state index is 0.0876. The van der Waals surface area contributed by atoms with Gasteiger partial charge in [-0.3, -0.25) is 14.4 Å². The van der Waals surface area contributed by atoms with Crippen molar-refractivity contribution in [3.63, 3.8) is 0 Å². The molecule has 2 aromatic rings. The molecule has 4 rings (SSSR count). The summed E-state index contributed by atoms with van der Waals surface area (Å²) < 4.78 is 16.6.